The highest BCUT2D eigenvalue weighted by Crippen LogP contribution is 2.45. The van der Waals surface area contributed by atoms with E-state index in [9.17, 15) is 18.4 Å². The maximum Gasteiger partial charge on any atom is 0.255 e. The van der Waals surface area contributed by atoms with Crippen molar-refractivity contribution < 1.29 is 23.1 Å². The van der Waals surface area contributed by atoms with Crippen molar-refractivity contribution in [1.29, 1.82) is 0 Å². The topological polar surface area (TPSA) is 53.1 Å². The first-order valence-corrected chi connectivity index (χ1v) is 14.0. The van der Waals surface area contributed by atoms with Crippen molar-refractivity contribution in [2.75, 3.05) is 38.2 Å². The highest BCUT2D eigenvalue weighted by Gasteiger charge is 2.45. The summed E-state index contributed by atoms with van der Waals surface area (Å²) < 4.78 is 32.5. The van der Waals surface area contributed by atoms with E-state index in [0.717, 1.165) is 16.8 Å². The molecule has 4 aromatic carbocycles. The summed E-state index contributed by atoms with van der Waals surface area (Å²) in [5, 5.41) is 0. The van der Waals surface area contributed by atoms with Gasteiger partial charge in [-0.3, -0.25) is 9.59 Å². The largest absolute Gasteiger partial charge is 0.497 e. The van der Waals surface area contributed by atoms with Crippen molar-refractivity contribution >= 4 is 17.5 Å². The number of rotatable bonds is 6. The number of carbonyl (C=O) groups excluding carboxylic acids is 2. The van der Waals surface area contributed by atoms with Gasteiger partial charge in [0, 0.05) is 44.0 Å². The Morgan fingerprint density at radius 1 is 0.810 bits per heavy atom. The van der Waals surface area contributed by atoms with Crippen LogP contribution in [0.4, 0.5) is 14.5 Å². The molecule has 214 valence electrons. The van der Waals surface area contributed by atoms with Gasteiger partial charge in [-0.15, -0.1) is 0 Å². The summed E-state index contributed by atoms with van der Waals surface area (Å²) >= 11 is 0. The third-order valence-electron chi connectivity index (χ3n) is 8.21. The van der Waals surface area contributed by atoms with Crippen molar-refractivity contribution in [3.63, 3.8) is 0 Å². The molecule has 2 unspecified atom stereocenters. The van der Waals surface area contributed by atoms with Crippen LogP contribution in [0.1, 0.15) is 39.0 Å². The van der Waals surface area contributed by atoms with Gasteiger partial charge in [0.25, 0.3) is 5.91 Å². The highest BCUT2D eigenvalue weighted by molar-refractivity contribution is 6.01. The van der Waals surface area contributed by atoms with Crippen LogP contribution in [0, 0.1) is 11.6 Å². The van der Waals surface area contributed by atoms with E-state index in [4.69, 9.17) is 4.74 Å². The Kier molecular flexibility index (Phi) is 7.61. The summed E-state index contributed by atoms with van der Waals surface area (Å²) in [6.45, 7) is 2.42. The fourth-order valence-electron chi connectivity index (χ4n) is 6.03. The summed E-state index contributed by atoms with van der Waals surface area (Å²) in [5.41, 5.74) is 3.68. The van der Waals surface area contributed by atoms with Gasteiger partial charge in [0.05, 0.1) is 19.1 Å². The predicted octanol–water partition coefficient (Wildman–Crippen LogP) is 5.80. The Bertz CT molecular complexity index is 1570. The molecule has 0 N–H and O–H groups in total. The van der Waals surface area contributed by atoms with Gasteiger partial charge in [-0.25, -0.2) is 8.78 Å². The molecule has 42 heavy (non-hydrogen) atoms. The van der Waals surface area contributed by atoms with Crippen LogP contribution in [0.3, 0.4) is 0 Å². The number of carbonyl (C=O) groups is 2. The van der Waals surface area contributed by atoms with Gasteiger partial charge < -0.3 is 19.4 Å². The lowest BCUT2D eigenvalue weighted by Gasteiger charge is -2.45. The minimum absolute atomic E-state index is 0.0568. The molecule has 0 saturated carbocycles. The van der Waals surface area contributed by atoms with E-state index in [-0.39, 0.29) is 30.0 Å². The first-order chi connectivity index (χ1) is 20.4. The molecule has 1 fully saturated rings. The number of piperazine rings is 1. The lowest BCUT2D eigenvalue weighted by Crippen LogP contribution is -2.53. The molecule has 6 nitrogen and oxygen atoms in total. The van der Waals surface area contributed by atoms with Gasteiger partial charge in [-0.2, -0.15) is 0 Å². The molecule has 8 heteroatoms. The van der Waals surface area contributed by atoms with E-state index in [2.05, 4.69) is 4.90 Å². The fourth-order valence-corrected chi connectivity index (χ4v) is 6.03. The van der Waals surface area contributed by atoms with E-state index in [1.165, 1.54) is 24.3 Å². The van der Waals surface area contributed by atoms with Crippen LogP contribution in [-0.4, -0.2) is 54.9 Å². The molecule has 1 saturated heterocycles. The lowest BCUT2D eigenvalue weighted by molar-refractivity contribution is -0.135. The van der Waals surface area contributed by atoms with Crippen LogP contribution >= 0.6 is 0 Å². The number of anilines is 1. The molecule has 0 bridgehead atoms. The van der Waals surface area contributed by atoms with E-state index in [1.807, 2.05) is 47.4 Å². The monoisotopic (exact) mass is 567 g/mol. The molecular formula is C34H31F2N3O3. The van der Waals surface area contributed by atoms with Crippen molar-refractivity contribution in [2.24, 2.45) is 0 Å². The van der Waals surface area contributed by atoms with Crippen LogP contribution < -0.4 is 9.64 Å². The Labute approximate surface area is 243 Å². The van der Waals surface area contributed by atoms with E-state index < -0.39 is 12.0 Å². The van der Waals surface area contributed by atoms with Gasteiger partial charge >= 0.3 is 0 Å². The first-order valence-electron chi connectivity index (χ1n) is 14.0. The number of fused-ring (bicyclic) bond motifs is 1. The summed E-state index contributed by atoms with van der Waals surface area (Å²) in [5.74, 6) is -0.850. The Hall–Kier alpha value is -4.72. The van der Waals surface area contributed by atoms with E-state index in [1.54, 1.807) is 42.3 Å². The molecule has 0 aliphatic carbocycles. The maximum absolute atomic E-state index is 14.5. The fraction of sp³-hybridized carbons (Fsp3) is 0.235. The van der Waals surface area contributed by atoms with Crippen LogP contribution in [0.5, 0.6) is 5.75 Å². The number of ether oxygens (including phenoxy) is 1. The SMILES string of the molecule is COc1ccc(C2C(C(=O)N3CCN(c4ccc(F)cc4)CC3)c3ccccc3C(=O)N2Cc2ccc(F)cc2)cc1. The second-order valence-corrected chi connectivity index (χ2v) is 10.6. The smallest absolute Gasteiger partial charge is 0.255 e. The van der Waals surface area contributed by atoms with Crippen molar-refractivity contribution in [2.45, 2.75) is 18.5 Å². The molecule has 2 aliphatic heterocycles. The quantitative estimate of drug-likeness (QED) is 0.296. The van der Waals surface area contributed by atoms with Crippen molar-refractivity contribution in [3.05, 3.63) is 131 Å². The Morgan fingerprint density at radius 2 is 1.43 bits per heavy atom. The Morgan fingerprint density at radius 3 is 2.07 bits per heavy atom. The van der Waals surface area contributed by atoms with Crippen LogP contribution in [0.2, 0.25) is 0 Å². The molecule has 0 radical (unpaired) electrons. The second kappa shape index (κ2) is 11.6. The van der Waals surface area contributed by atoms with Gasteiger partial charge in [-0.05, 0) is 71.3 Å². The zero-order chi connectivity index (χ0) is 29.2. The minimum atomic E-state index is -0.648. The summed E-state index contributed by atoms with van der Waals surface area (Å²) in [7, 11) is 1.59. The maximum atomic E-state index is 14.5. The normalized spacial score (nSPS) is 18.5. The molecule has 0 aromatic heterocycles. The zero-order valence-electron chi connectivity index (χ0n) is 23.3. The average Bonchev–Trinajstić information content (AvgIpc) is 3.03. The number of amides is 2. The van der Waals surface area contributed by atoms with E-state index in [0.29, 0.717) is 43.1 Å². The molecule has 2 heterocycles. The molecule has 6 rings (SSSR count). The number of methoxy groups -OCH3 is 1. The van der Waals surface area contributed by atoms with Crippen LogP contribution in [-0.2, 0) is 11.3 Å². The second-order valence-electron chi connectivity index (χ2n) is 10.6. The summed E-state index contributed by atoms with van der Waals surface area (Å²) in [6, 6.07) is 26.7. The first kappa shape index (κ1) is 27.4. The van der Waals surface area contributed by atoms with E-state index >= 15 is 0 Å². The summed E-state index contributed by atoms with van der Waals surface area (Å²) in [6.07, 6.45) is 0. The molecule has 2 amide bonds. The molecule has 4 aromatic rings. The van der Waals surface area contributed by atoms with Crippen LogP contribution in [0.15, 0.2) is 97.1 Å². The van der Waals surface area contributed by atoms with Crippen molar-refractivity contribution in [1.82, 2.24) is 9.80 Å². The summed E-state index contributed by atoms with van der Waals surface area (Å²) in [4.78, 5) is 34.3. The molecule has 2 aliphatic rings. The highest BCUT2D eigenvalue weighted by atomic mass is 19.1. The molecule has 2 atom stereocenters. The lowest BCUT2D eigenvalue weighted by atomic mass is 9.78. The Balaban J connectivity index is 1.37. The predicted molar refractivity (Wildman–Crippen MR) is 156 cm³/mol. The number of halogens is 2. The molecule has 0 spiro atoms. The molecular weight excluding hydrogens is 536 g/mol. The standard InChI is InChI=1S/C34H31F2N3O3/c1-42-28-16-8-24(9-17-28)32-31(34(41)38-20-18-37(19-21-38)27-14-12-26(36)13-15-27)29-4-2-3-5-30(29)33(40)39(32)22-23-6-10-25(35)11-7-23/h2-17,31-32H,18-22H2,1H3. The number of hydrogen-bond donors (Lipinski definition) is 0. The van der Waals surface area contributed by atoms with Gasteiger partial charge in [0.15, 0.2) is 0 Å². The minimum Gasteiger partial charge on any atom is -0.497 e. The van der Waals surface area contributed by atoms with Crippen LogP contribution in [0.25, 0.3) is 0 Å². The zero-order valence-corrected chi connectivity index (χ0v) is 23.3. The number of benzene rings is 4. The third-order valence-corrected chi connectivity index (χ3v) is 8.21. The van der Waals surface area contributed by atoms with Gasteiger partial charge in [0.1, 0.15) is 17.4 Å². The number of nitrogens with zero attached hydrogens (tertiary/aromatic N) is 3. The van der Waals surface area contributed by atoms with Gasteiger partial charge in [-0.1, -0.05) is 42.5 Å². The average molecular weight is 568 g/mol. The third kappa shape index (κ3) is 5.32. The number of hydrogen-bond acceptors (Lipinski definition) is 4. The van der Waals surface area contributed by atoms with Crippen molar-refractivity contribution in [3.8, 4) is 5.75 Å². The van der Waals surface area contributed by atoms with Gasteiger partial charge in [0.2, 0.25) is 5.91 Å².